The van der Waals surface area contributed by atoms with Crippen molar-refractivity contribution in [3.63, 3.8) is 0 Å². The predicted molar refractivity (Wildman–Crippen MR) is 81.0 cm³/mol. The van der Waals surface area contributed by atoms with Gasteiger partial charge in [-0.3, -0.25) is 4.79 Å². The Labute approximate surface area is 121 Å². The smallest absolute Gasteiger partial charge is 0.271 e. The van der Waals surface area contributed by atoms with Crippen LogP contribution in [0.3, 0.4) is 0 Å². The van der Waals surface area contributed by atoms with Gasteiger partial charge in [0.05, 0.1) is 18.8 Å². The van der Waals surface area contributed by atoms with E-state index in [1.807, 2.05) is 6.07 Å². The highest BCUT2D eigenvalue weighted by Crippen LogP contribution is 2.19. The fourth-order valence-electron chi connectivity index (χ4n) is 1.73. The zero-order valence-electron chi connectivity index (χ0n) is 13.5. The van der Waals surface area contributed by atoms with Gasteiger partial charge < -0.3 is 10.1 Å². The second kappa shape index (κ2) is 6.99. The minimum atomic E-state index is -0.0882. The van der Waals surface area contributed by atoms with Crippen LogP contribution in [0.4, 0.5) is 0 Å². The normalized spacial score (nSPS) is 12.2. The molecule has 0 atom stereocenters. The molecule has 0 aliphatic rings. The molecule has 0 unspecified atom stereocenters. The molecule has 0 aliphatic carbocycles. The Balaban J connectivity index is 3.16. The fourth-order valence-corrected chi connectivity index (χ4v) is 1.73. The van der Waals surface area contributed by atoms with Gasteiger partial charge in [-0.2, -0.15) is 5.10 Å². The number of hydrogen-bond donors (Lipinski definition) is 1. The molecule has 0 aromatic carbocycles. The number of methoxy groups -OCH3 is 1. The molecule has 0 aliphatic heterocycles. The molecule has 0 bridgehead atoms. The number of ether oxygens (including phenoxy) is 1. The van der Waals surface area contributed by atoms with Crippen molar-refractivity contribution in [3.8, 4) is 0 Å². The molecule has 0 radical (unpaired) electrons. The van der Waals surface area contributed by atoms with Crippen LogP contribution in [0.1, 0.15) is 45.9 Å². The van der Waals surface area contributed by atoms with Crippen molar-refractivity contribution in [2.75, 3.05) is 13.7 Å². The first kappa shape index (κ1) is 16.9. The Morgan fingerprint density at radius 3 is 2.55 bits per heavy atom. The lowest BCUT2D eigenvalue weighted by molar-refractivity contribution is 0.181. The standard InChI is InChI=1S/C15H27N3O2/c1-11(2)16-10-12-9-13(15(3,4)5)17-18(14(12)19)7-8-20-6/h9,11,16H,7-8,10H2,1-6H3. The molecule has 5 heteroatoms. The molecule has 0 fully saturated rings. The summed E-state index contributed by atoms with van der Waals surface area (Å²) in [6, 6.07) is 2.26. The molecule has 1 N–H and O–H groups in total. The quantitative estimate of drug-likeness (QED) is 0.862. The van der Waals surface area contributed by atoms with E-state index in [1.165, 1.54) is 4.68 Å². The van der Waals surface area contributed by atoms with Crippen LogP contribution >= 0.6 is 0 Å². The van der Waals surface area contributed by atoms with Gasteiger partial charge in [-0.1, -0.05) is 34.6 Å². The van der Waals surface area contributed by atoms with Crippen LogP contribution in [0.25, 0.3) is 0 Å². The zero-order chi connectivity index (χ0) is 15.3. The molecule has 1 aromatic rings. The lowest BCUT2D eigenvalue weighted by Gasteiger charge is -2.20. The van der Waals surface area contributed by atoms with Crippen molar-refractivity contribution in [2.24, 2.45) is 0 Å². The zero-order valence-corrected chi connectivity index (χ0v) is 13.5. The van der Waals surface area contributed by atoms with Crippen LogP contribution in [0, 0.1) is 0 Å². The van der Waals surface area contributed by atoms with Gasteiger partial charge in [-0.05, 0) is 6.07 Å². The second-order valence-corrected chi connectivity index (χ2v) is 6.36. The van der Waals surface area contributed by atoms with Crippen molar-refractivity contribution in [1.82, 2.24) is 15.1 Å². The number of aromatic nitrogens is 2. The molecular formula is C15H27N3O2. The summed E-state index contributed by atoms with van der Waals surface area (Å²) in [5, 5.41) is 7.76. The lowest BCUT2D eigenvalue weighted by Crippen LogP contribution is -2.34. The Bertz CT molecular complexity index is 487. The van der Waals surface area contributed by atoms with Gasteiger partial charge >= 0.3 is 0 Å². The lowest BCUT2D eigenvalue weighted by atomic mass is 9.91. The predicted octanol–water partition coefficient (Wildman–Crippen LogP) is 1.69. The summed E-state index contributed by atoms with van der Waals surface area (Å²) in [7, 11) is 1.62. The molecule has 20 heavy (non-hydrogen) atoms. The van der Waals surface area contributed by atoms with Gasteiger partial charge in [0.1, 0.15) is 0 Å². The highest BCUT2D eigenvalue weighted by atomic mass is 16.5. The maximum atomic E-state index is 12.4. The van der Waals surface area contributed by atoms with Crippen molar-refractivity contribution < 1.29 is 4.74 Å². The van der Waals surface area contributed by atoms with Crippen LogP contribution in [0.2, 0.25) is 0 Å². The van der Waals surface area contributed by atoms with E-state index in [-0.39, 0.29) is 11.0 Å². The largest absolute Gasteiger partial charge is 0.383 e. The fraction of sp³-hybridized carbons (Fsp3) is 0.733. The molecule has 0 amide bonds. The summed E-state index contributed by atoms with van der Waals surface area (Å²) in [6.45, 7) is 11.9. The summed E-state index contributed by atoms with van der Waals surface area (Å²) < 4.78 is 6.56. The second-order valence-electron chi connectivity index (χ2n) is 6.36. The molecule has 0 saturated carbocycles. The SMILES string of the molecule is COCCn1nc(C(C)(C)C)cc(CNC(C)C)c1=O. The van der Waals surface area contributed by atoms with Crippen LogP contribution in [-0.2, 0) is 23.2 Å². The van der Waals surface area contributed by atoms with Crippen molar-refractivity contribution in [3.05, 3.63) is 27.7 Å². The molecule has 1 aromatic heterocycles. The summed E-state index contributed by atoms with van der Waals surface area (Å²) in [5.74, 6) is 0. The van der Waals surface area contributed by atoms with Gasteiger partial charge in [0.25, 0.3) is 5.56 Å². The maximum Gasteiger partial charge on any atom is 0.271 e. The Morgan fingerprint density at radius 1 is 1.40 bits per heavy atom. The molecule has 0 spiro atoms. The van der Waals surface area contributed by atoms with Gasteiger partial charge in [0.15, 0.2) is 0 Å². The minimum Gasteiger partial charge on any atom is -0.383 e. The monoisotopic (exact) mass is 281 g/mol. The Morgan fingerprint density at radius 2 is 2.05 bits per heavy atom. The van der Waals surface area contributed by atoms with Crippen LogP contribution in [0.5, 0.6) is 0 Å². The van der Waals surface area contributed by atoms with E-state index in [4.69, 9.17) is 4.74 Å². The molecule has 1 heterocycles. The third kappa shape index (κ3) is 4.72. The van der Waals surface area contributed by atoms with Crippen LogP contribution in [-0.4, -0.2) is 29.5 Å². The first-order valence-corrected chi connectivity index (χ1v) is 7.09. The third-order valence-electron chi connectivity index (χ3n) is 3.02. The average molecular weight is 281 g/mol. The Kier molecular flexibility index (Phi) is 5.89. The number of rotatable bonds is 6. The topological polar surface area (TPSA) is 56.1 Å². The number of nitrogens with one attached hydrogen (secondary N) is 1. The Hall–Kier alpha value is -1.20. The summed E-state index contributed by atoms with van der Waals surface area (Å²) in [6.07, 6.45) is 0. The van der Waals surface area contributed by atoms with E-state index in [0.29, 0.717) is 25.7 Å². The van der Waals surface area contributed by atoms with E-state index in [0.717, 1.165) is 11.3 Å². The average Bonchev–Trinajstić information content (AvgIpc) is 2.34. The highest BCUT2D eigenvalue weighted by molar-refractivity contribution is 5.19. The molecule has 1 rings (SSSR count). The van der Waals surface area contributed by atoms with E-state index in [1.54, 1.807) is 7.11 Å². The number of hydrogen-bond acceptors (Lipinski definition) is 4. The molecule has 0 saturated heterocycles. The minimum absolute atomic E-state index is 0.0387. The number of nitrogens with zero attached hydrogens (tertiary/aromatic N) is 2. The summed E-state index contributed by atoms with van der Waals surface area (Å²) in [5.41, 5.74) is 1.56. The van der Waals surface area contributed by atoms with Gasteiger partial charge in [0, 0.05) is 30.7 Å². The van der Waals surface area contributed by atoms with Gasteiger partial charge in [0.2, 0.25) is 0 Å². The van der Waals surface area contributed by atoms with Crippen molar-refractivity contribution in [1.29, 1.82) is 0 Å². The van der Waals surface area contributed by atoms with E-state index in [2.05, 4.69) is 45.0 Å². The van der Waals surface area contributed by atoms with E-state index < -0.39 is 0 Å². The van der Waals surface area contributed by atoms with E-state index in [9.17, 15) is 4.79 Å². The van der Waals surface area contributed by atoms with Gasteiger partial charge in [-0.15, -0.1) is 0 Å². The summed E-state index contributed by atoms with van der Waals surface area (Å²) in [4.78, 5) is 12.4. The van der Waals surface area contributed by atoms with E-state index >= 15 is 0 Å². The van der Waals surface area contributed by atoms with Crippen molar-refractivity contribution >= 4 is 0 Å². The van der Waals surface area contributed by atoms with Crippen molar-refractivity contribution in [2.45, 2.75) is 59.2 Å². The summed E-state index contributed by atoms with van der Waals surface area (Å²) >= 11 is 0. The maximum absolute atomic E-state index is 12.4. The van der Waals surface area contributed by atoms with Crippen LogP contribution in [0.15, 0.2) is 10.9 Å². The highest BCUT2D eigenvalue weighted by Gasteiger charge is 2.19. The molecule has 5 nitrogen and oxygen atoms in total. The van der Waals surface area contributed by atoms with Crippen LogP contribution < -0.4 is 10.9 Å². The van der Waals surface area contributed by atoms with Gasteiger partial charge in [-0.25, -0.2) is 4.68 Å². The first-order chi connectivity index (χ1) is 9.25. The molecular weight excluding hydrogens is 254 g/mol. The first-order valence-electron chi connectivity index (χ1n) is 7.09. The third-order valence-corrected chi connectivity index (χ3v) is 3.02. The molecule has 114 valence electrons.